The van der Waals surface area contributed by atoms with Crippen LogP contribution in [0.25, 0.3) is 0 Å². The first-order valence-corrected chi connectivity index (χ1v) is 7.48. The van der Waals surface area contributed by atoms with Crippen LogP contribution in [-0.4, -0.2) is 25.6 Å². The molecule has 2 aromatic rings. The van der Waals surface area contributed by atoms with Crippen molar-refractivity contribution in [1.29, 1.82) is 0 Å². The Balaban J connectivity index is 1.67. The molecule has 5 heteroatoms. The molecule has 116 valence electrons. The van der Waals surface area contributed by atoms with Crippen LogP contribution in [0.4, 0.5) is 5.69 Å². The topological polar surface area (TPSA) is 50.4 Å². The summed E-state index contributed by atoms with van der Waals surface area (Å²) in [7, 11) is 0. The normalized spacial score (nSPS) is 10.1. The lowest BCUT2D eigenvalue weighted by atomic mass is 10.2. The number of anilines is 1. The van der Waals surface area contributed by atoms with Gasteiger partial charge in [-0.1, -0.05) is 35.9 Å². The maximum atomic E-state index is 11.8. The third kappa shape index (κ3) is 4.97. The van der Waals surface area contributed by atoms with Gasteiger partial charge in [0.05, 0.1) is 13.1 Å². The average Bonchev–Trinajstić information content (AvgIpc) is 2.54. The molecule has 1 amide bonds. The van der Waals surface area contributed by atoms with E-state index in [1.165, 1.54) is 0 Å². The third-order valence-electron chi connectivity index (χ3n) is 3.14. The van der Waals surface area contributed by atoms with Crippen LogP contribution in [0.1, 0.15) is 5.56 Å². The average molecular weight is 319 g/mol. The lowest BCUT2D eigenvalue weighted by Gasteiger charge is -2.11. The van der Waals surface area contributed by atoms with Gasteiger partial charge >= 0.3 is 0 Å². The predicted molar refractivity (Wildman–Crippen MR) is 89.6 cm³/mol. The van der Waals surface area contributed by atoms with Crippen LogP contribution >= 0.6 is 11.6 Å². The van der Waals surface area contributed by atoms with E-state index in [2.05, 4.69) is 10.6 Å². The van der Waals surface area contributed by atoms with Crippen LogP contribution in [0.15, 0.2) is 48.5 Å². The molecule has 2 aromatic carbocycles. The number of para-hydroxylation sites is 1. The van der Waals surface area contributed by atoms with Gasteiger partial charge in [0.25, 0.3) is 0 Å². The second-order valence-electron chi connectivity index (χ2n) is 4.78. The molecule has 2 rings (SSSR count). The number of benzene rings is 2. The Morgan fingerprint density at radius 3 is 2.68 bits per heavy atom. The van der Waals surface area contributed by atoms with E-state index in [9.17, 15) is 4.79 Å². The molecule has 0 spiro atoms. The second-order valence-corrected chi connectivity index (χ2v) is 5.18. The van der Waals surface area contributed by atoms with Gasteiger partial charge in [-0.25, -0.2) is 0 Å². The van der Waals surface area contributed by atoms with Crippen LogP contribution in [0.3, 0.4) is 0 Å². The summed E-state index contributed by atoms with van der Waals surface area (Å²) in [4.78, 5) is 11.8. The van der Waals surface area contributed by atoms with Gasteiger partial charge in [0.1, 0.15) is 12.4 Å². The zero-order valence-electron chi connectivity index (χ0n) is 12.4. The quantitative estimate of drug-likeness (QED) is 0.770. The fraction of sp³-hybridized carbons (Fsp3) is 0.235. The van der Waals surface area contributed by atoms with Gasteiger partial charge in [-0.2, -0.15) is 0 Å². The van der Waals surface area contributed by atoms with Gasteiger partial charge in [-0.3, -0.25) is 4.79 Å². The molecular formula is C17H19ClN2O2. The maximum Gasteiger partial charge on any atom is 0.239 e. The van der Waals surface area contributed by atoms with Crippen molar-refractivity contribution in [2.75, 3.05) is 25.0 Å². The number of rotatable bonds is 7. The third-order valence-corrected chi connectivity index (χ3v) is 3.55. The van der Waals surface area contributed by atoms with Crippen molar-refractivity contribution in [3.8, 4) is 5.75 Å². The molecule has 0 saturated heterocycles. The fourth-order valence-corrected chi connectivity index (χ4v) is 2.09. The fourth-order valence-electron chi connectivity index (χ4n) is 1.91. The summed E-state index contributed by atoms with van der Waals surface area (Å²) in [6.45, 7) is 3.01. The first-order valence-electron chi connectivity index (χ1n) is 7.10. The van der Waals surface area contributed by atoms with Crippen LogP contribution in [0, 0.1) is 6.92 Å². The van der Waals surface area contributed by atoms with Crippen LogP contribution in [-0.2, 0) is 4.79 Å². The standard InChI is InChI=1S/C17H19ClN2O2/c1-13-15(18)8-5-9-16(13)20-12-17(21)19-10-11-22-14-6-3-2-4-7-14/h2-9,20H,10-12H2,1H3,(H,19,21). The SMILES string of the molecule is Cc1c(Cl)cccc1NCC(=O)NCCOc1ccccc1. The van der Waals surface area contributed by atoms with Crippen LogP contribution < -0.4 is 15.4 Å². The largest absolute Gasteiger partial charge is 0.492 e. The Kier molecular flexibility index (Phi) is 6.10. The highest BCUT2D eigenvalue weighted by molar-refractivity contribution is 6.31. The van der Waals surface area contributed by atoms with Crippen molar-refractivity contribution in [3.05, 3.63) is 59.1 Å². The molecule has 0 aliphatic rings. The molecule has 22 heavy (non-hydrogen) atoms. The molecule has 0 atom stereocenters. The summed E-state index contributed by atoms with van der Waals surface area (Å²) in [5.41, 5.74) is 1.80. The van der Waals surface area contributed by atoms with Crippen molar-refractivity contribution in [1.82, 2.24) is 5.32 Å². The Hall–Kier alpha value is -2.20. The van der Waals surface area contributed by atoms with Gasteiger partial charge < -0.3 is 15.4 Å². The van der Waals surface area contributed by atoms with E-state index in [-0.39, 0.29) is 12.5 Å². The van der Waals surface area contributed by atoms with Crippen LogP contribution in [0.5, 0.6) is 5.75 Å². The molecule has 0 aliphatic heterocycles. The predicted octanol–water partition coefficient (Wildman–Crippen LogP) is 3.26. The van der Waals surface area contributed by atoms with Gasteiger partial charge in [0.2, 0.25) is 5.91 Å². The highest BCUT2D eigenvalue weighted by Gasteiger charge is 2.04. The Morgan fingerprint density at radius 2 is 1.91 bits per heavy atom. The summed E-state index contributed by atoms with van der Waals surface area (Å²) in [6.07, 6.45) is 0. The smallest absolute Gasteiger partial charge is 0.239 e. The zero-order valence-corrected chi connectivity index (χ0v) is 13.2. The number of amides is 1. The molecule has 4 nitrogen and oxygen atoms in total. The molecule has 0 heterocycles. The Labute approximate surface area is 135 Å². The van der Waals surface area contributed by atoms with Crippen molar-refractivity contribution < 1.29 is 9.53 Å². The van der Waals surface area contributed by atoms with Crippen molar-refractivity contribution in [2.45, 2.75) is 6.92 Å². The number of hydrogen-bond donors (Lipinski definition) is 2. The summed E-state index contributed by atoms with van der Waals surface area (Å²) in [5, 5.41) is 6.55. The van der Waals surface area contributed by atoms with E-state index in [4.69, 9.17) is 16.3 Å². The van der Waals surface area contributed by atoms with E-state index < -0.39 is 0 Å². The van der Waals surface area contributed by atoms with Gasteiger partial charge in [-0.15, -0.1) is 0 Å². The highest BCUT2D eigenvalue weighted by Crippen LogP contribution is 2.22. The number of halogens is 1. The van der Waals surface area contributed by atoms with Gasteiger partial charge in [0, 0.05) is 10.7 Å². The summed E-state index contributed by atoms with van der Waals surface area (Å²) < 4.78 is 5.50. The second kappa shape index (κ2) is 8.29. The van der Waals surface area contributed by atoms with Crippen molar-refractivity contribution in [2.24, 2.45) is 0 Å². The first kappa shape index (κ1) is 16.2. The van der Waals surface area contributed by atoms with Crippen molar-refractivity contribution in [3.63, 3.8) is 0 Å². The zero-order chi connectivity index (χ0) is 15.8. The van der Waals surface area contributed by atoms with Crippen LogP contribution in [0.2, 0.25) is 5.02 Å². The number of carbonyl (C=O) groups is 1. The number of carbonyl (C=O) groups excluding carboxylic acids is 1. The van der Waals surface area contributed by atoms with Gasteiger partial charge in [0.15, 0.2) is 0 Å². The minimum Gasteiger partial charge on any atom is -0.492 e. The summed E-state index contributed by atoms with van der Waals surface area (Å²) in [6, 6.07) is 15.1. The molecule has 0 aliphatic carbocycles. The number of hydrogen-bond acceptors (Lipinski definition) is 3. The number of nitrogens with one attached hydrogen (secondary N) is 2. The van der Waals surface area contributed by atoms with E-state index in [0.29, 0.717) is 18.2 Å². The minimum absolute atomic E-state index is 0.0870. The molecule has 0 unspecified atom stereocenters. The Bertz CT molecular complexity index is 617. The summed E-state index contributed by atoms with van der Waals surface area (Å²) >= 11 is 6.03. The van der Waals surface area contributed by atoms with E-state index >= 15 is 0 Å². The molecule has 0 saturated carbocycles. The van der Waals surface area contributed by atoms with E-state index in [1.54, 1.807) is 0 Å². The molecule has 0 radical (unpaired) electrons. The summed E-state index contributed by atoms with van der Waals surface area (Å²) in [5.74, 6) is 0.709. The molecule has 0 fully saturated rings. The highest BCUT2D eigenvalue weighted by atomic mass is 35.5. The monoisotopic (exact) mass is 318 g/mol. The first-order chi connectivity index (χ1) is 10.7. The molecule has 2 N–H and O–H groups in total. The maximum absolute atomic E-state index is 11.8. The van der Waals surface area contributed by atoms with E-state index in [1.807, 2.05) is 55.5 Å². The number of ether oxygens (including phenoxy) is 1. The Morgan fingerprint density at radius 1 is 1.14 bits per heavy atom. The van der Waals surface area contributed by atoms with E-state index in [0.717, 1.165) is 17.0 Å². The minimum atomic E-state index is -0.0870. The molecular weight excluding hydrogens is 300 g/mol. The van der Waals surface area contributed by atoms with Gasteiger partial charge in [-0.05, 0) is 36.8 Å². The lowest BCUT2D eigenvalue weighted by Crippen LogP contribution is -2.33. The molecule has 0 aromatic heterocycles. The van der Waals surface area contributed by atoms with Crippen molar-refractivity contribution >= 4 is 23.2 Å². The molecule has 0 bridgehead atoms. The lowest BCUT2D eigenvalue weighted by molar-refractivity contribution is -0.119.